The Morgan fingerprint density at radius 2 is 2.11 bits per heavy atom. The molecule has 5 heteroatoms. The fraction of sp³-hybridized carbons (Fsp3) is 0.769. The van der Waals surface area contributed by atoms with Crippen molar-refractivity contribution in [2.75, 3.05) is 39.5 Å². The van der Waals surface area contributed by atoms with Crippen LogP contribution in [0.2, 0.25) is 0 Å². The second-order valence-corrected chi connectivity index (χ2v) is 4.81. The van der Waals surface area contributed by atoms with Gasteiger partial charge < -0.3 is 14.2 Å². The number of carbonyl (C=O) groups is 1. The van der Waals surface area contributed by atoms with E-state index in [9.17, 15) is 4.79 Å². The molecule has 0 radical (unpaired) electrons. The number of ether oxygens (including phenoxy) is 3. The third kappa shape index (κ3) is 4.76. The summed E-state index contributed by atoms with van der Waals surface area (Å²) in [5, 5.41) is 0. The molecule has 1 aliphatic rings. The molecule has 0 unspecified atom stereocenters. The van der Waals surface area contributed by atoms with Gasteiger partial charge in [0.15, 0.2) is 0 Å². The second-order valence-electron chi connectivity index (χ2n) is 4.81. The Labute approximate surface area is 109 Å². The molecule has 18 heavy (non-hydrogen) atoms. The smallest absolute Gasteiger partial charge is 0.333 e. The monoisotopic (exact) mass is 257 g/mol. The lowest BCUT2D eigenvalue weighted by molar-refractivity contribution is -0.140. The molecular formula is C13H23NO4. The second kappa shape index (κ2) is 6.87. The number of rotatable bonds is 7. The summed E-state index contributed by atoms with van der Waals surface area (Å²) in [6.45, 7) is 13.0. The molecule has 0 N–H and O–H groups in total. The number of hydrogen-bond donors (Lipinski definition) is 0. The molecule has 5 nitrogen and oxygen atoms in total. The highest BCUT2D eigenvalue weighted by Gasteiger charge is 2.32. The topological polar surface area (TPSA) is 48.0 Å². The molecule has 104 valence electrons. The third-order valence-corrected chi connectivity index (χ3v) is 2.89. The van der Waals surface area contributed by atoms with Crippen molar-refractivity contribution in [2.45, 2.75) is 26.5 Å². The molecule has 0 bridgehead atoms. The SMILES string of the molecule is C=C(C)C(=O)OCCOCCN1CCOC1(C)C. The molecule has 0 saturated carbocycles. The Hall–Kier alpha value is -0.910. The zero-order valence-electron chi connectivity index (χ0n) is 11.5. The van der Waals surface area contributed by atoms with Crippen LogP contribution in [0.3, 0.4) is 0 Å². The first-order chi connectivity index (χ1) is 8.43. The lowest BCUT2D eigenvalue weighted by Crippen LogP contribution is -2.41. The fourth-order valence-corrected chi connectivity index (χ4v) is 1.74. The Kier molecular flexibility index (Phi) is 5.78. The quantitative estimate of drug-likeness (QED) is 0.389. The van der Waals surface area contributed by atoms with Gasteiger partial charge in [0.2, 0.25) is 0 Å². The number of esters is 1. The molecule has 0 atom stereocenters. The van der Waals surface area contributed by atoms with Crippen LogP contribution in [0.4, 0.5) is 0 Å². The van der Waals surface area contributed by atoms with Crippen LogP contribution in [-0.4, -0.2) is 56.1 Å². The van der Waals surface area contributed by atoms with Gasteiger partial charge in [-0.05, 0) is 20.8 Å². The molecule has 0 aromatic rings. The molecule has 0 spiro atoms. The number of carbonyl (C=O) groups excluding carboxylic acids is 1. The van der Waals surface area contributed by atoms with Gasteiger partial charge in [0.05, 0.1) is 19.8 Å². The first-order valence-corrected chi connectivity index (χ1v) is 6.23. The van der Waals surface area contributed by atoms with E-state index in [0.717, 1.165) is 19.7 Å². The van der Waals surface area contributed by atoms with Gasteiger partial charge in [-0.25, -0.2) is 4.79 Å². The molecule has 1 fully saturated rings. The standard InChI is InChI=1S/C13H23NO4/c1-11(2)12(15)17-10-9-16-7-5-14-6-8-18-13(14,3)4/h1,5-10H2,2-4H3. The summed E-state index contributed by atoms with van der Waals surface area (Å²) >= 11 is 0. The first-order valence-electron chi connectivity index (χ1n) is 6.23. The molecule has 0 amide bonds. The first kappa shape index (κ1) is 15.1. The van der Waals surface area contributed by atoms with E-state index in [2.05, 4.69) is 25.3 Å². The van der Waals surface area contributed by atoms with Crippen molar-refractivity contribution in [1.82, 2.24) is 4.90 Å². The van der Waals surface area contributed by atoms with Crippen LogP contribution in [0.1, 0.15) is 20.8 Å². The maximum Gasteiger partial charge on any atom is 0.333 e. The van der Waals surface area contributed by atoms with Crippen molar-refractivity contribution in [3.8, 4) is 0 Å². The lowest BCUT2D eigenvalue weighted by Gasteiger charge is -2.29. The maximum atomic E-state index is 11.1. The molecule has 0 aliphatic carbocycles. The zero-order valence-corrected chi connectivity index (χ0v) is 11.5. The normalized spacial score (nSPS) is 18.8. The third-order valence-electron chi connectivity index (χ3n) is 2.89. The Bertz CT molecular complexity index is 301. The minimum absolute atomic E-state index is 0.199. The highest BCUT2D eigenvalue weighted by molar-refractivity contribution is 5.86. The minimum Gasteiger partial charge on any atom is -0.460 e. The van der Waals surface area contributed by atoms with E-state index >= 15 is 0 Å². The van der Waals surface area contributed by atoms with Gasteiger partial charge in [-0.15, -0.1) is 0 Å². The maximum absolute atomic E-state index is 11.1. The fourth-order valence-electron chi connectivity index (χ4n) is 1.74. The highest BCUT2D eigenvalue weighted by atomic mass is 16.6. The molecule has 1 saturated heterocycles. The van der Waals surface area contributed by atoms with E-state index in [4.69, 9.17) is 14.2 Å². The van der Waals surface area contributed by atoms with E-state index in [1.54, 1.807) is 6.92 Å². The van der Waals surface area contributed by atoms with E-state index in [-0.39, 0.29) is 18.3 Å². The van der Waals surface area contributed by atoms with Crippen LogP contribution in [0, 0.1) is 0 Å². The molecule has 0 aromatic heterocycles. The average Bonchev–Trinajstić information content (AvgIpc) is 2.62. The zero-order chi connectivity index (χ0) is 13.6. The molecule has 1 heterocycles. The van der Waals surface area contributed by atoms with Crippen molar-refractivity contribution in [1.29, 1.82) is 0 Å². The Morgan fingerprint density at radius 1 is 1.39 bits per heavy atom. The van der Waals surface area contributed by atoms with Gasteiger partial charge in [0, 0.05) is 18.7 Å². The largest absolute Gasteiger partial charge is 0.460 e. The van der Waals surface area contributed by atoms with Crippen molar-refractivity contribution in [3.63, 3.8) is 0 Å². The van der Waals surface area contributed by atoms with Crippen LogP contribution in [0.5, 0.6) is 0 Å². The summed E-state index contributed by atoms with van der Waals surface area (Å²) in [6, 6.07) is 0. The van der Waals surface area contributed by atoms with Crippen molar-refractivity contribution < 1.29 is 19.0 Å². The van der Waals surface area contributed by atoms with E-state index in [1.165, 1.54) is 0 Å². The van der Waals surface area contributed by atoms with Crippen molar-refractivity contribution >= 4 is 5.97 Å². The van der Waals surface area contributed by atoms with Gasteiger partial charge in [-0.2, -0.15) is 0 Å². The highest BCUT2D eigenvalue weighted by Crippen LogP contribution is 2.20. The van der Waals surface area contributed by atoms with Gasteiger partial charge in [0.25, 0.3) is 0 Å². The van der Waals surface area contributed by atoms with Gasteiger partial charge in [-0.1, -0.05) is 6.58 Å². The molecule has 1 aliphatic heterocycles. The number of nitrogens with zero attached hydrogens (tertiary/aromatic N) is 1. The van der Waals surface area contributed by atoms with Gasteiger partial charge in [0.1, 0.15) is 12.3 Å². The van der Waals surface area contributed by atoms with E-state index in [1.807, 2.05) is 0 Å². The van der Waals surface area contributed by atoms with Crippen LogP contribution < -0.4 is 0 Å². The summed E-state index contributed by atoms with van der Waals surface area (Å²) in [5.74, 6) is -0.368. The van der Waals surface area contributed by atoms with Crippen LogP contribution in [-0.2, 0) is 19.0 Å². The predicted octanol–water partition coefficient (Wildman–Crippen LogP) is 1.19. The molecule has 0 aromatic carbocycles. The van der Waals surface area contributed by atoms with Crippen molar-refractivity contribution in [2.24, 2.45) is 0 Å². The number of hydrogen-bond acceptors (Lipinski definition) is 5. The Balaban J connectivity index is 2.02. The van der Waals surface area contributed by atoms with Gasteiger partial charge in [-0.3, -0.25) is 4.90 Å². The van der Waals surface area contributed by atoms with E-state index in [0.29, 0.717) is 18.8 Å². The predicted molar refractivity (Wildman–Crippen MR) is 68.2 cm³/mol. The van der Waals surface area contributed by atoms with Crippen LogP contribution in [0.25, 0.3) is 0 Å². The summed E-state index contributed by atoms with van der Waals surface area (Å²) in [5.41, 5.74) is 0.210. The van der Waals surface area contributed by atoms with Crippen LogP contribution >= 0.6 is 0 Å². The van der Waals surface area contributed by atoms with E-state index < -0.39 is 0 Å². The Morgan fingerprint density at radius 3 is 2.67 bits per heavy atom. The van der Waals surface area contributed by atoms with Crippen molar-refractivity contribution in [3.05, 3.63) is 12.2 Å². The summed E-state index contributed by atoms with van der Waals surface area (Å²) < 4.78 is 15.9. The van der Waals surface area contributed by atoms with Crippen LogP contribution in [0.15, 0.2) is 12.2 Å². The van der Waals surface area contributed by atoms with Gasteiger partial charge >= 0.3 is 5.97 Å². The minimum atomic E-state index is -0.368. The summed E-state index contributed by atoms with van der Waals surface area (Å²) in [4.78, 5) is 13.3. The molecular weight excluding hydrogens is 234 g/mol. The lowest BCUT2D eigenvalue weighted by atomic mass is 10.3. The average molecular weight is 257 g/mol. The summed E-state index contributed by atoms with van der Waals surface area (Å²) in [7, 11) is 0. The molecule has 1 rings (SSSR count). The summed E-state index contributed by atoms with van der Waals surface area (Å²) in [6.07, 6.45) is 0.